The number of hydrogen-bond acceptors (Lipinski definition) is 3. The van der Waals surface area contributed by atoms with E-state index in [1.807, 2.05) is 0 Å². The Labute approximate surface area is 136 Å². The first kappa shape index (κ1) is 17.5. The van der Waals surface area contributed by atoms with Crippen LogP contribution >= 0.6 is 0 Å². The maximum Gasteiger partial charge on any atom is 0.0656 e. The molecule has 0 amide bonds. The quantitative estimate of drug-likeness (QED) is 0.759. The Hall–Kier alpha value is -0.900. The van der Waals surface area contributed by atoms with Crippen LogP contribution in [0.25, 0.3) is 0 Å². The maximum atomic E-state index is 6.34. The zero-order valence-electron chi connectivity index (χ0n) is 14.3. The summed E-state index contributed by atoms with van der Waals surface area (Å²) >= 11 is 0. The van der Waals surface area contributed by atoms with E-state index in [9.17, 15) is 0 Å². The molecule has 1 aliphatic rings. The first-order valence-electron chi connectivity index (χ1n) is 8.92. The van der Waals surface area contributed by atoms with E-state index >= 15 is 0 Å². The smallest absolute Gasteiger partial charge is 0.0656 e. The van der Waals surface area contributed by atoms with Gasteiger partial charge in [-0.3, -0.25) is 0 Å². The molecule has 1 aromatic carbocycles. The van der Waals surface area contributed by atoms with Gasteiger partial charge in [-0.15, -0.1) is 0 Å². The summed E-state index contributed by atoms with van der Waals surface area (Å²) in [5.41, 5.74) is 1.39. The van der Waals surface area contributed by atoms with Gasteiger partial charge in [0.1, 0.15) is 0 Å². The lowest BCUT2D eigenvalue weighted by Crippen LogP contribution is -2.40. The van der Waals surface area contributed by atoms with Crippen molar-refractivity contribution in [3.05, 3.63) is 35.9 Å². The van der Waals surface area contributed by atoms with Crippen molar-refractivity contribution in [1.82, 2.24) is 10.2 Å². The molecule has 0 radical (unpaired) electrons. The highest BCUT2D eigenvalue weighted by Gasteiger charge is 2.24. The maximum absolute atomic E-state index is 6.34. The zero-order chi connectivity index (χ0) is 15.6. The van der Waals surface area contributed by atoms with Crippen LogP contribution in [-0.2, 0) is 11.2 Å². The minimum Gasteiger partial charge on any atom is -0.376 e. The van der Waals surface area contributed by atoms with Crippen LogP contribution in [-0.4, -0.2) is 50.3 Å². The lowest BCUT2D eigenvalue weighted by molar-refractivity contribution is -0.00372. The second-order valence-corrected chi connectivity index (χ2v) is 6.23. The van der Waals surface area contributed by atoms with E-state index in [2.05, 4.69) is 54.4 Å². The first-order chi connectivity index (χ1) is 10.8. The van der Waals surface area contributed by atoms with Crippen LogP contribution in [0.15, 0.2) is 30.3 Å². The number of ether oxygens (including phenoxy) is 1. The largest absolute Gasteiger partial charge is 0.376 e. The molecule has 0 aliphatic carbocycles. The summed E-state index contributed by atoms with van der Waals surface area (Å²) in [4.78, 5) is 2.43. The number of piperidine rings is 1. The molecule has 1 saturated heterocycles. The van der Waals surface area contributed by atoms with Gasteiger partial charge in [0.05, 0.1) is 12.7 Å². The van der Waals surface area contributed by atoms with Gasteiger partial charge in [-0.05, 0) is 50.4 Å². The highest BCUT2D eigenvalue weighted by molar-refractivity contribution is 5.15. The molecule has 1 aliphatic heterocycles. The van der Waals surface area contributed by atoms with Crippen molar-refractivity contribution in [2.45, 2.75) is 39.2 Å². The number of nitrogens with one attached hydrogen (secondary N) is 1. The van der Waals surface area contributed by atoms with E-state index in [4.69, 9.17) is 4.74 Å². The molecular weight excluding hydrogens is 272 g/mol. The van der Waals surface area contributed by atoms with Gasteiger partial charge >= 0.3 is 0 Å². The highest BCUT2D eigenvalue weighted by Crippen LogP contribution is 2.21. The Balaban J connectivity index is 1.89. The summed E-state index contributed by atoms with van der Waals surface area (Å²) in [5, 5.41) is 3.53. The molecule has 1 heterocycles. The molecule has 22 heavy (non-hydrogen) atoms. The van der Waals surface area contributed by atoms with Crippen molar-refractivity contribution in [2.75, 3.05) is 39.3 Å². The first-order valence-corrected chi connectivity index (χ1v) is 8.92. The van der Waals surface area contributed by atoms with E-state index in [1.165, 1.54) is 18.4 Å². The van der Waals surface area contributed by atoms with Crippen molar-refractivity contribution in [1.29, 1.82) is 0 Å². The van der Waals surface area contributed by atoms with Gasteiger partial charge in [-0.25, -0.2) is 0 Å². The SMILES string of the molecule is CCN(CC)CCOC(Cc1ccccc1)C1CCCNC1. The van der Waals surface area contributed by atoms with Crippen LogP contribution in [0.5, 0.6) is 0 Å². The van der Waals surface area contributed by atoms with E-state index < -0.39 is 0 Å². The summed E-state index contributed by atoms with van der Waals surface area (Å²) in [6.45, 7) is 10.8. The molecule has 0 spiro atoms. The fraction of sp³-hybridized carbons (Fsp3) is 0.684. The van der Waals surface area contributed by atoms with Crippen molar-refractivity contribution >= 4 is 0 Å². The Morgan fingerprint density at radius 1 is 1.23 bits per heavy atom. The van der Waals surface area contributed by atoms with Crippen LogP contribution in [0.4, 0.5) is 0 Å². The third-order valence-corrected chi connectivity index (χ3v) is 4.77. The van der Waals surface area contributed by atoms with Crippen LogP contribution in [0.2, 0.25) is 0 Å². The zero-order valence-corrected chi connectivity index (χ0v) is 14.3. The number of likely N-dealkylation sites (N-methyl/N-ethyl adjacent to an activating group) is 1. The second kappa shape index (κ2) is 9.98. The Morgan fingerprint density at radius 2 is 2.00 bits per heavy atom. The predicted octanol–water partition coefficient (Wildman–Crippen LogP) is 2.96. The fourth-order valence-electron chi connectivity index (χ4n) is 3.28. The normalized spacial score (nSPS) is 20.2. The third kappa shape index (κ3) is 5.71. The van der Waals surface area contributed by atoms with Crippen molar-refractivity contribution in [3.8, 4) is 0 Å². The molecule has 2 atom stereocenters. The van der Waals surface area contributed by atoms with Gasteiger partial charge in [0.25, 0.3) is 0 Å². The van der Waals surface area contributed by atoms with E-state index in [1.54, 1.807) is 0 Å². The fourth-order valence-corrected chi connectivity index (χ4v) is 3.28. The topological polar surface area (TPSA) is 24.5 Å². The molecular formula is C19H32N2O. The molecule has 1 N–H and O–H groups in total. The van der Waals surface area contributed by atoms with Gasteiger partial charge in [0.2, 0.25) is 0 Å². The van der Waals surface area contributed by atoms with Gasteiger partial charge in [0, 0.05) is 13.1 Å². The number of hydrogen-bond donors (Lipinski definition) is 1. The summed E-state index contributed by atoms with van der Waals surface area (Å²) in [7, 11) is 0. The number of nitrogens with zero attached hydrogens (tertiary/aromatic N) is 1. The molecule has 2 unspecified atom stereocenters. The lowest BCUT2D eigenvalue weighted by atomic mass is 9.90. The predicted molar refractivity (Wildman–Crippen MR) is 93.3 cm³/mol. The molecule has 0 saturated carbocycles. The number of benzene rings is 1. The minimum atomic E-state index is 0.339. The highest BCUT2D eigenvalue weighted by atomic mass is 16.5. The molecule has 124 valence electrons. The van der Waals surface area contributed by atoms with Gasteiger partial charge < -0.3 is 15.0 Å². The molecule has 3 nitrogen and oxygen atoms in total. The average molecular weight is 304 g/mol. The summed E-state index contributed by atoms with van der Waals surface area (Å²) in [6.07, 6.45) is 3.93. The van der Waals surface area contributed by atoms with Crippen LogP contribution in [0.1, 0.15) is 32.3 Å². The molecule has 0 bridgehead atoms. The Bertz CT molecular complexity index is 386. The van der Waals surface area contributed by atoms with Crippen molar-refractivity contribution in [3.63, 3.8) is 0 Å². The average Bonchev–Trinajstić information content (AvgIpc) is 2.59. The van der Waals surface area contributed by atoms with Crippen molar-refractivity contribution in [2.24, 2.45) is 5.92 Å². The van der Waals surface area contributed by atoms with Gasteiger partial charge in [-0.2, -0.15) is 0 Å². The Kier molecular flexibility index (Phi) is 7.92. The van der Waals surface area contributed by atoms with E-state index in [-0.39, 0.29) is 0 Å². The molecule has 1 fully saturated rings. The van der Waals surface area contributed by atoms with Crippen molar-refractivity contribution < 1.29 is 4.74 Å². The van der Waals surface area contributed by atoms with Gasteiger partial charge in [0.15, 0.2) is 0 Å². The van der Waals surface area contributed by atoms with E-state index in [0.29, 0.717) is 12.0 Å². The molecule has 3 heteroatoms. The van der Waals surface area contributed by atoms with Crippen LogP contribution in [0, 0.1) is 5.92 Å². The number of rotatable bonds is 9. The molecule has 1 aromatic rings. The summed E-state index contributed by atoms with van der Waals surface area (Å²) < 4.78 is 6.34. The second-order valence-electron chi connectivity index (χ2n) is 6.23. The third-order valence-electron chi connectivity index (χ3n) is 4.77. The van der Waals surface area contributed by atoms with Gasteiger partial charge in [-0.1, -0.05) is 44.2 Å². The van der Waals surface area contributed by atoms with Crippen LogP contribution in [0.3, 0.4) is 0 Å². The van der Waals surface area contributed by atoms with E-state index in [0.717, 1.165) is 45.8 Å². The molecule has 2 rings (SSSR count). The van der Waals surface area contributed by atoms with Crippen LogP contribution < -0.4 is 5.32 Å². The minimum absolute atomic E-state index is 0.339. The summed E-state index contributed by atoms with van der Waals surface area (Å²) in [6, 6.07) is 10.8. The monoisotopic (exact) mass is 304 g/mol. The summed E-state index contributed by atoms with van der Waals surface area (Å²) in [5.74, 6) is 0.644. The Morgan fingerprint density at radius 3 is 2.64 bits per heavy atom. The standard InChI is InChI=1S/C19H32N2O/c1-3-21(4-2)13-14-22-19(18-11-8-12-20-16-18)15-17-9-6-5-7-10-17/h5-7,9-10,18-20H,3-4,8,11-16H2,1-2H3. The molecule has 0 aromatic heterocycles. The lowest BCUT2D eigenvalue weighted by Gasteiger charge is -2.31.